The number of nitrogens with one attached hydrogen (secondary N) is 2. The number of halogens is 4. The number of nitrogens with zero attached hydrogens (tertiary/aromatic N) is 2. The normalized spacial score (nSPS) is 13.1. The van der Waals surface area contributed by atoms with Gasteiger partial charge in [-0.15, -0.1) is 0 Å². The molecule has 4 rings (SSSR count). The van der Waals surface area contributed by atoms with Crippen molar-refractivity contribution in [3.05, 3.63) is 82.1 Å². The molecule has 2 aromatic carbocycles. The van der Waals surface area contributed by atoms with Crippen molar-refractivity contribution in [2.75, 3.05) is 18.9 Å². The Bertz CT molecular complexity index is 1280. The molecule has 3 amide bonds. The number of rotatable bonds is 4. The van der Waals surface area contributed by atoms with Gasteiger partial charge in [-0.25, -0.2) is 4.79 Å². The lowest BCUT2D eigenvalue weighted by Crippen LogP contribution is -2.39. The lowest BCUT2D eigenvalue weighted by Gasteiger charge is -2.29. The van der Waals surface area contributed by atoms with Gasteiger partial charge in [0.25, 0.3) is 5.91 Å². The van der Waals surface area contributed by atoms with Gasteiger partial charge in [0.2, 0.25) is 0 Å². The van der Waals surface area contributed by atoms with Gasteiger partial charge in [0, 0.05) is 32.4 Å². The number of carbonyl (C=O) groups is 2. The smallest absolute Gasteiger partial charge is 0.416 e. The molecule has 11 heteroatoms. The number of ether oxygens (including phenoxy) is 1. The summed E-state index contributed by atoms with van der Waals surface area (Å²) in [6.45, 7) is 0.615. The van der Waals surface area contributed by atoms with E-state index in [9.17, 15) is 22.8 Å². The van der Waals surface area contributed by atoms with Crippen molar-refractivity contribution in [2.45, 2.75) is 19.1 Å². The van der Waals surface area contributed by atoms with E-state index in [1.165, 1.54) is 24.2 Å². The van der Waals surface area contributed by atoms with Gasteiger partial charge in [-0.1, -0.05) is 17.7 Å². The van der Waals surface area contributed by atoms with Crippen LogP contribution >= 0.6 is 11.6 Å². The molecule has 0 unspecified atom stereocenters. The minimum absolute atomic E-state index is 0.00733. The highest BCUT2D eigenvalue weighted by atomic mass is 35.5. The first-order valence-corrected chi connectivity index (χ1v) is 10.9. The van der Waals surface area contributed by atoms with Crippen molar-refractivity contribution in [1.82, 2.24) is 15.2 Å². The topological polar surface area (TPSA) is 83.6 Å². The number of urea groups is 1. The molecule has 182 valence electrons. The van der Waals surface area contributed by atoms with Crippen molar-refractivity contribution in [1.29, 1.82) is 0 Å². The van der Waals surface area contributed by atoms with Crippen LogP contribution in [-0.4, -0.2) is 35.4 Å². The van der Waals surface area contributed by atoms with Crippen LogP contribution in [0.4, 0.5) is 23.7 Å². The van der Waals surface area contributed by atoms with Gasteiger partial charge in [-0.2, -0.15) is 13.2 Å². The quantitative estimate of drug-likeness (QED) is 0.492. The molecule has 0 fully saturated rings. The molecule has 0 aliphatic carbocycles. The van der Waals surface area contributed by atoms with Gasteiger partial charge in [-0.3, -0.25) is 9.78 Å². The molecule has 1 aromatic heterocycles. The third-order valence-electron chi connectivity index (χ3n) is 5.44. The van der Waals surface area contributed by atoms with Crippen molar-refractivity contribution in [2.24, 2.45) is 0 Å². The minimum Gasteiger partial charge on any atom is -0.457 e. The molecule has 0 saturated heterocycles. The zero-order valence-electron chi connectivity index (χ0n) is 18.4. The number of carbonyl (C=O) groups excluding carboxylic acids is 2. The summed E-state index contributed by atoms with van der Waals surface area (Å²) < 4.78 is 45.0. The molecule has 0 radical (unpaired) electrons. The van der Waals surface area contributed by atoms with E-state index in [4.69, 9.17) is 16.3 Å². The average Bonchev–Trinajstić information content (AvgIpc) is 2.83. The van der Waals surface area contributed by atoms with Crippen molar-refractivity contribution in [3.8, 4) is 11.5 Å². The highest BCUT2D eigenvalue weighted by Crippen LogP contribution is 2.34. The fourth-order valence-corrected chi connectivity index (χ4v) is 3.79. The van der Waals surface area contributed by atoms with Crippen LogP contribution in [0.2, 0.25) is 5.02 Å². The number of benzene rings is 2. The Labute approximate surface area is 203 Å². The van der Waals surface area contributed by atoms with Gasteiger partial charge in [0.05, 0.1) is 16.3 Å². The van der Waals surface area contributed by atoms with E-state index >= 15 is 0 Å². The maximum Gasteiger partial charge on any atom is 0.416 e. The number of anilines is 1. The second-order valence-corrected chi connectivity index (χ2v) is 8.19. The van der Waals surface area contributed by atoms with E-state index in [1.54, 1.807) is 18.2 Å². The monoisotopic (exact) mass is 504 g/mol. The Hall–Kier alpha value is -3.79. The molecule has 0 atom stereocenters. The summed E-state index contributed by atoms with van der Waals surface area (Å²) in [5.41, 5.74) is 1.05. The molecular formula is C24H20ClF3N4O3. The number of alkyl halides is 3. The largest absolute Gasteiger partial charge is 0.457 e. The average molecular weight is 505 g/mol. The van der Waals surface area contributed by atoms with Crippen molar-refractivity contribution < 1.29 is 27.5 Å². The molecule has 3 aromatic rings. The third kappa shape index (κ3) is 5.65. The van der Waals surface area contributed by atoms with Crippen LogP contribution in [0.3, 0.4) is 0 Å². The SMILES string of the molecule is CNC(=O)c1cc(Oc2ccc3c(c2)CN(C(=O)Nc2cc(C(F)(F)F)ccc2Cl)CC3)ccn1. The number of hydrogen-bond donors (Lipinski definition) is 2. The van der Waals surface area contributed by atoms with Crippen LogP contribution < -0.4 is 15.4 Å². The molecule has 1 aliphatic rings. The first-order chi connectivity index (χ1) is 16.6. The lowest BCUT2D eigenvalue weighted by atomic mass is 10.00. The van der Waals surface area contributed by atoms with E-state index in [1.807, 2.05) is 6.07 Å². The highest BCUT2D eigenvalue weighted by molar-refractivity contribution is 6.33. The molecule has 0 bridgehead atoms. The Morgan fingerprint density at radius 2 is 1.83 bits per heavy atom. The van der Waals surface area contributed by atoms with Gasteiger partial charge in [-0.05, 0) is 53.9 Å². The van der Waals surface area contributed by atoms with E-state index in [-0.39, 0.29) is 28.9 Å². The molecule has 2 heterocycles. The fourth-order valence-electron chi connectivity index (χ4n) is 3.62. The summed E-state index contributed by atoms with van der Waals surface area (Å²) in [7, 11) is 1.50. The molecule has 0 spiro atoms. The number of pyridine rings is 1. The van der Waals surface area contributed by atoms with Crippen molar-refractivity contribution >= 4 is 29.2 Å². The first kappa shape index (κ1) is 24.3. The number of amides is 3. The standard InChI is InChI=1S/C24H20ClF3N4O3/c1-29-22(33)21-12-18(6-8-30-21)35-17-4-2-14-7-9-32(13-15(14)10-17)23(34)31-20-11-16(24(26,27)28)3-5-19(20)25/h2-6,8,10-12H,7,9,13H2,1H3,(H,29,33)(H,31,34). The summed E-state index contributed by atoms with van der Waals surface area (Å²) in [4.78, 5) is 30.1. The highest BCUT2D eigenvalue weighted by Gasteiger charge is 2.31. The first-order valence-electron chi connectivity index (χ1n) is 10.5. The molecular weight excluding hydrogens is 485 g/mol. The zero-order valence-corrected chi connectivity index (χ0v) is 19.2. The zero-order chi connectivity index (χ0) is 25.2. The molecule has 0 saturated carbocycles. The number of aromatic nitrogens is 1. The Kier molecular flexibility index (Phi) is 6.83. The summed E-state index contributed by atoms with van der Waals surface area (Å²) in [6.07, 6.45) is -2.53. The Morgan fingerprint density at radius 1 is 1.06 bits per heavy atom. The maximum absolute atomic E-state index is 13.0. The van der Waals surface area contributed by atoms with Crippen LogP contribution in [0.25, 0.3) is 0 Å². The maximum atomic E-state index is 13.0. The van der Waals surface area contributed by atoms with E-state index in [0.717, 1.165) is 29.3 Å². The second kappa shape index (κ2) is 9.83. The van der Waals surface area contributed by atoms with Crippen LogP contribution in [-0.2, 0) is 19.1 Å². The van der Waals surface area contributed by atoms with Crippen LogP contribution in [0.15, 0.2) is 54.7 Å². The van der Waals surface area contributed by atoms with Gasteiger partial charge >= 0.3 is 12.2 Å². The lowest BCUT2D eigenvalue weighted by molar-refractivity contribution is -0.137. The van der Waals surface area contributed by atoms with Gasteiger partial charge < -0.3 is 20.3 Å². The fraction of sp³-hybridized carbons (Fsp3) is 0.208. The third-order valence-corrected chi connectivity index (χ3v) is 5.77. The number of fused-ring (bicyclic) bond motifs is 1. The number of hydrogen-bond acceptors (Lipinski definition) is 4. The van der Waals surface area contributed by atoms with E-state index in [0.29, 0.717) is 24.5 Å². The molecule has 35 heavy (non-hydrogen) atoms. The summed E-state index contributed by atoms with van der Waals surface area (Å²) >= 11 is 6.00. The molecule has 1 aliphatic heterocycles. The predicted octanol–water partition coefficient (Wildman–Crippen LogP) is 5.50. The van der Waals surface area contributed by atoms with E-state index < -0.39 is 17.8 Å². The van der Waals surface area contributed by atoms with Crippen LogP contribution in [0.1, 0.15) is 27.2 Å². The van der Waals surface area contributed by atoms with Gasteiger partial charge in [0.15, 0.2) is 0 Å². The van der Waals surface area contributed by atoms with Crippen LogP contribution in [0, 0.1) is 0 Å². The Morgan fingerprint density at radius 3 is 2.57 bits per heavy atom. The predicted molar refractivity (Wildman–Crippen MR) is 124 cm³/mol. The summed E-state index contributed by atoms with van der Waals surface area (Å²) in [5.74, 6) is 0.576. The van der Waals surface area contributed by atoms with Crippen LogP contribution in [0.5, 0.6) is 11.5 Å². The molecule has 7 nitrogen and oxygen atoms in total. The van der Waals surface area contributed by atoms with E-state index in [2.05, 4.69) is 15.6 Å². The van der Waals surface area contributed by atoms with Gasteiger partial charge in [0.1, 0.15) is 17.2 Å². The summed E-state index contributed by atoms with van der Waals surface area (Å²) in [6, 6.07) is 10.8. The van der Waals surface area contributed by atoms with Crippen molar-refractivity contribution in [3.63, 3.8) is 0 Å². The minimum atomic E-state index is -4.56. The molecule has 2 N–H and O–H groups in total. The Balaban J connectivity index is 1.48. The second-order valence-electron chi connectivity index (χ2n) is 7.78. The summed E-state index contributed by atoms with van der Waals surface area (Å²) in [5, 5.41) is 4.98.